The fraction of sp³-hybridized carbons (Fsp3) is 0.375. The van der Waals surface area contributed by atoms with Crippen LogP contribution in [-0.2, 0) is 10.0 Å². The lowest BCUT2D eigenvalue weighted by Crippen LogP contribution is -2.42. The van der Waals surface area contributed by atoms with Gasteiger partial charge in [-0.2, -0.15) is 4.31 Å². The highest BCUT2D eigenvalue weighted by Gasteiger charge is 2.32. The molecule has 134 valence electrons. The van der Waals surface area contributed by atoms with Crippen molar-refractivity contribution in [2.75, 3.05) is 20.2 Å². The lowest BCUT2D eigenvalue weighted by atomic mass is 10.1. The average molecular weight is 367 g/mol. The maximum Gasteiger partial charge on any atom is 0.316 e. The molecule has 0 spiro atoms. The largest absolute Gasteiger partial charge is 0.495 e. The Kier molecular flexibility index (Phi) is 5.14. The topological polar surface area (TPSA) is 81.6 Å². The lowest BCUT2D eigenvalue weighted by Gasteiger charge is -2.31. The number of nitrogens with zero attached hydrogens (tertiary/aromatic N) is 3. The fourth-order valence-electron chi connectivity index (χ4n) is 2.68. The Bertz CT molecular complexity index is 825. The molecule has 1 aliphatic rings. The first-order valence-electron chi connectivity index (χ1n) is 7.78. The van der Waals surface area contributed by atoms with Crippen LogP contribution in [0.15, 0.2) is 41.6 Å². The summed E-state index contributed by atoms with van der Waals surface area (Å²) in [5.74, 6) is -0.503. The number of hydrogen-bond donors (Lipinski definition) is 0. The van der Waals surface area contributed by atoms with Gasteiger partial charge in [-0.05, 0) is 37.1 Å². The molecule has 0 N–H and O–H groups in total. The molecule has 0 saturated carbocycles. The number of methoxy groups -OCH3 is 1. The minimum atomic E-state index is -3.84. The summed E-state index contributed by atoms with van der Waals surface area (Å²) in [6.07, 6.45) is 3.99. The SMILES string of the molecule is COc1ccc(F)cc1S(=O)(=O)N1CCC(Oc2ncccn2)CC1. The normalized spacial score (nSPS) is 16.6. The van der Waals surface area contributed by atoms with Crippen LogP contribution in [0.5, 0.6) is 11.8 Å². The summed E-state index contributed by atoms with van der Waals surface area (Å²) < 4.78 is 51.1. The summed E-state index contributed by atoms with van der Waals surface area (Å²) in [5, 5.41) is 0. The minimum absolute atomic E-state index is 0.123. The second kappa shape index (κ2) is 7.32. The predicted molar refractivity (Wildman–Crippen MR) is 87.4 cm³/mol. The number of piperidine rings is 1. The number of aromatic nitrogens is 2. The zero-order valence-electron chi connectivity index (χ0n) is 13.6. The van der Waals surface area contributed by atoms with Crippen molar-refractivity contribution in [3.63, 3.8) is 0 Å². The van der Waals surface area contributed by atoms with Gasteiger partial charge in [0.2, 0.25) is 10.0 Å². The Morgan fingerprint density at radius 1 is 1.20 bits per heavy atom. The van der Waals surface area contributed by atoms with Gasteiger partial charge in [0.25, 0.3) is 0 Å². The molecule has 2 heterocycles. The van der Waals surface area contributed by atoms with E-state index in [1.807, 2.05) is 0 Å². The third-order valence-electron chi connectivity index (χ3n) is 3.96. The second-order valence-corrected chi connectivity index (χ2v) is 7.45. The fourth-order valence-corrected chi connectivity index (χ4v) is 4.31. The van der Waals surface area contributed by atoms with E-state index in [0.717, 1.165) is 12.1 Å². The third kappa shape index (κ3) is 3.88. The van der Waals surface area contributed by atoms with Gasteiger partial charge < -0.3 is 9.47 Å². The van der Waals surface area contributed by atoms with Crippen molar-refractivity contribution in [3.8, 4) is 11.8 Å². The van der Waals surface area contributed by atoms with E-state index in [0.29, 0.717) is 12.8 Å². The van der Waals surface area contributed by atoms with Crippen molar-refractivity contribution in [3.05, 3.63) is 42.5 Å². The maximum atomic E-state index is 13.5. The smallest absolute Gasteiger partial charge is 0.316 e. The van der Waals surface area contributed by atoms with Crippen molar-refractivity contribution in [1.29, 1.82) is 0 Å². The first kappa shape index (κ1) is 17.6. The first-order chi connectivity index (χ1) is 12.0. The van der Waals surface area contributed by atoms with Crippen LogP contribution in [0.25, 0.3) is 0 Å². The standard InChI is InChI=1S/C16H18FN3O4S/c1-23-14-4-3-12(17)11-15(14)25(21,22)20-9-5-13(6-10-20)24-16-18-7-2-8-19-16/h2-4,7-8,11,13H,5-6,9-10H2,1H3. The van der Waals surface area contributed by atoms with Crippen molar-refractivity contribution < 1.29 is 22.3 Å². The molecule has 25 heavy (non-hydrogen) atoms. The number of halogens is 1. The summed E-state index contributed by atoms with van der Waals surface area (Å²) in [5.41, 5.74) is 0. The van der Waals surface area contributed by atoms with Crippen molar-refractivity contribution in [2.24, 2.45) is 0 Å². The molecule has 0 aliphatic carbocycles. The van der Waals surface area contributed by atoms with Crippen molar-refractivity contribution in [2.45, 2.75) is 23.8 Å². The van der Waals surface area contributed by atoms with Crippen molar-refractivity contribution in [1.82, 2.24) is 14.3 Å². The molecule has 0 unspecified atom stereocenters. The van der Waals surface area contributed by atoms with Gasteiger partial charge in [0.1, 0.15) is 22.6 Å². The highest BCUT2D eigenvalue weighted by Crippen LogP contribution is 2.29. The summed E-state index contributed by atoms with van der Waals surface area (Å²) in [7, 11) is -2.49. The summed E-state index contributed by atoms with van der Waals surface area (Å²) >= 11 is 0. The molecule has 1 aromatic heterocycles. The highest BCUT2D eigenvalue weighted by molar-refractivity contribution is 7.89. The molecule has 2 aromatic rings. The van der Waals surface area contributed by atoms with E-state index < -0.39 is 15.8 Å². The Balaban J connectivity index is 1.71. The second-order valence-electron chi connectivity index (χ2n) is 5.55. The monoisotopic (exact) mass is 367 g/mol. The quantitative estimate of drug-likeness (QED) is 0.802. The van der Waals surface area contributed by atoms with Gasteiger partial charge in [-0.3, -0.25) is 0 Å². The minimum Gasteiger partial charge on any atom is -0.495 e. The van der Waals surface area contributed by atoms with Crippen LogP contribution in [0.4, 0.5) is 4.39 Å². The average Bonchev–Trinajstić information content (AvgIpc) is 2.63. The highest BCUT2D eigenvalue weighted by atomic mass is 32.2. The van der Waals surface area contributed by atoms with E-state index >= 15 is 0 Å². The zero-order chi connectivity index (χ0) is 17.9. The maximum absolute atomic E-state index is 13.5. The van der Waals surface area contributed by atoms with E-state index in [1.54, 1.807) is 18.5 Å². The summed E-state index contributed by atoms with van der Waals surface area (Å²) in [6, 6.07) is 5.42. The first-order valence-corrected chi connectivity index (χ1v) is 9.22. The van der Waals surface area contributed by atoms with Crippen LogP contribution in [0.2, 0.25) is 0 Å². The molecular weight excluding hydrogens is 349 g/mol. The molecule has 0 radical (unpaired) electrons. The van der Waals surface area contributed by atoms with Crippen LogP contribution < -0.4 is 9.47 Å². The van der Waals surface area contributed by atoms with E-state index in [9.17, 15) is 12.8 Å². The molecule has 0 amide bonds. The van der Waals surface area contributed by atoms with Crippen LogP contribution in [0, 0.1) is 5.82 Å². The Morgan fingerprint density at radius 2 is 1.88 bits per heavy atom. The number of hydrogen-bond acceptors (Lipinski definition) is 6. The summed E-state index contributed by atoms with van der Waals surface area (Å²) in [4.78, 5) is 7.83. The number of rotatable bonds is 5. The Morgan fingerprint density at radius 3 is 2.52 bits per heavy atom. The molecule has 0 atom stereocenters. The van der Waals surface area contributed by atoms with Gasteiger partial charge in [-0.15, -0.1) is 0 Å². The van der Waals surface area contributed by atoms with Gasteiger partial charge >= 0.3 is 6.01 Å². The molecular formula is C16H18FN3O4S. The molecule has 1 fully saturated rings. The van der Waals surface area contributed by atoms with Gasteiger partial charge in [0.05, 0.1) is 7.11 Å². The molecule has 0 bridgehead atoms. The molecule has 1 saturated heterocycles. The Labute approximate surface area is 145 Å². The molecule has 1 aromatic carbocycles. The van der Waals surface area contributed by atoms with Gasteiger partial charge in [0, 0.05) is 25.5 Å². The Hall–Kier alpha value is -2.26. The van der Waals surface area contributed by atoms with Crippen LogP contribution in [-0.4, -0.2) is 49.0 Å². The summed E-state index contributed by atoms with van der Waals surface area (Å²) in [6.45, 7) is 0.527. The van der Waals surface area contributed by atoms with E-state index in [4.69, 9.17) is 9.47 Å². The molecule has 7 nitrogen and oxygen atoms in total. The number of sulfonamides is 1. The number of benzene rings is 1. The van der Waals surface area contributed by atoms with Gasteiger partial charge in [0.15, 0.2) is 0 Å². The van der Waals surface area contributed by atoms with E-state index in [-0.39, 0.29) is 35.8 Å². The van der Waals surface area contributed by atoms with Crippen LogP contribution >= 0.6 is 0 Å². The molecule has 9 heteroatoms. The van der Waals surface area contributed by atoms with Gasteiger partial charge in [-0.1, -0.05) is 0 Å². The van der Waals surface area contributed by atoms with Crippen molar-refractivity contribution >= 4 is 10.0 Å². The number of ether oxygens (including phenoxy) is 2. The van der Waals surface area contributed by atoms with E-state index in [2.05, 4.69) is 9.97 Å². The van der Waals surface area contributed by atoms with Crippen LogP contribution in [0.1, 0.15) is 12.8 Å². The predicted octanol–water partition coefficient (Wildman–Crippen LogP) is 1.86. The van der Waals surface area contributed by atoms with E-state index in [1.165, 1.54) is 17.5 Å². The van der Waals surface area contributed by atoms with Gasteiger partial charge in [-0.25, -0.2) is 22.8 Å². The zero-order valence-corrected chi connectivity index (χ0v) is 14.4. The third-order valence-corrected chi connectivity index (χ3v) is 5.88. The molecule has 3 rings (SSSR count). The van der Waals surface area contributed by atoms with Crippen LogP contribution in [0.3, 0.4) is 0 Å². The molecule has 1 aliphatic heterocycles. The lowest BCUT2D eigenvalue weighted by molar-refractivity contribution is 0.124.